The van der Waals surface area contributed by atoms with Crippen LogP contribution in [0.1, 0.15) is 12.3 Å². The molecule has 0 atom stereocenters. The number of nitrogens with one attached hydrogen (secondary N) is 1. The normalized spacial score (nSPS) is 12.1. The Hall–Kier alpha value is -3.63. The van der Waals surface area contributed by atoms with Crippen molar-refractivity contribution in [2.24, 2.45) is 10.7 Å². The van der Waals surface area contributed by atoms with E-state index in [9.17, 15) is 17.6 Å². The molecule has 1 aromatic heterocycles. The monoisotopic (exact) mass is 423 g/mol. The molecule has 158 valence electrons. The minimum Gasteiger partial charge on any atom is -0.406 e. The molecule has 0 fully saturated rings. The van der Waals surface area contributed by atoms with Crippen LogP contribution in [-0.2, 0) is 6.42 Å². The zero-order valence-electron chi connectivity index (χ0n) is 15.5. The molecule has 0 radical (unpaired) electrons. The van der Waals surface area contributed by atoms with E-state index in [0.717, 1.165) is 12.1 Å². The van der Waals surface area contributed by atoms with Crippen molar-refractivity contribution < 1.29 is 26.8 Å². The summed E-state index contributed by atoms with van der Waals surface area (Å²) in [5.41, 5.74) is 6.87. The molecule has 2 aromatic carbocycles. The maximum absolute atomic E-state index is 13.0. The Morgan fingerprint density at radius 2 is 1.80 bits per heavy atom. The Morgan fingerprint density at radius 3 is 2.47 bits per heavy atom. The average molecular weight is 423 g/mol. The van der Waals surface area contributed by atoms with Gasteiger partial charge < -0.3 is 20.3 Å². The van der Waals surface area contributed by atoms with Crippen LogP contribution in [0.15, 0.2) is 58.0 Å². The number of aromatic nitrogens is 2. The molecule has 3 N–H and O–H groups in total. The van der Waals surface area contributed by atoms with E-state index in [1.54, 1.807) is 12.1 Å². The third kappa shape index (κ3) is 6.47. The van der Waals surface area contributed by atoms with Crippen molar-refractivity contribution in [2.75, 3.05) is 11.9 Å². The SMILES string of the molecule is NC(=NCCCc1nc(-c2ccc(F)cc2)no1)Nc1ccc(OC(F)(F)F)cc1. The molecule has 0 saturated carbocycles. The van der Waals surface area contributed by atoms with Crippen LogP contribution in [0, 0.1) is 5.82 Å². The number of benzene rings is 2. The largest absolute Gasteiger partial charge is 0.573 e. The van der Waals surface area contributed by atoms with Crippen LogP contribution < -0.4 is 15.8 Å². The lowest BCUT2D eigenvalue weighted by Gasteiger charge is -2.10. The Morgan fingerprint density at radius 1 is 1.10 bits per heavy atom. The number of aliphatic imine (C=N–C) groups is 1. The van der Waals surface area contributed by atoms with Crippen molar-refractivity contribution in [1.29, 1.82) is 0 Å². The van der Waals surface area contributed by atoms with Crippen molar-refractivity contribution in [2.45, 2.75) is 19.2 Å². The highest BCUT2D eigenvalue weighted by molar-refractivity contribution is 5.92. The third-order valence-electron chi connectivity index (χ3n) is 3.76. The smallest absolute Gasteiger partial charge is 0.406 e. The Kier molecular flexibility index (Phi) is 6.50. The second-order valence-electron chi connectivity index (χ2n) is 6.09. The van der Waals surface area contributed by atoms with Gasteiger partial charge in [0.2, 0.25) is 11.7 Å². The number of hydrogen-bond acceptors (Lipinski definition) is 5. The number of anilines is 1. The fourth-order valence-corrected chi connectivity index (χ4v) is 2.43. The van der Waals surface area contributed by atoms with Crippen LogP contribution in [0.4, 0.5) is 23.2 Å². The molecular weight excluding hydrogens is 406 g/mol. The summed E-state index contributed by atoms with van der Waals surface area (Å²) in [5, 5.41) is 6.62. The summed E-state index contributed by atoms with van der Waals surface area (Å²) < 4.78 is 58.3. The molecule has 0 amide bonds. The van der Waals surface area contributed by atoms with E-state index < -0.39 is 6.36 Å². The Labute approximate surface area is 168 Å². The number of nitrogens with two attached hydrogens (primary N) is 1. The van der Waals surface area contributed by atoms with Crippen molar-refractivity contribution >= 4 is 11.6 Å². The molecule has 0 aliphatic rings. The van der Waals surface area contributed by atoms with E-state index >= 15 is 0 Å². The lowest BCUT2D eigenvalue weighted by molar-refractivity contribution is -0.274. The maximum atomic E-state index is 13.0. The van der Waals surface area contributed by atoms with E-state index in [0.29, 0.717) is 42.4 Å². The summed E-state index contributed by atoms with van der Waals surface area (Å²) in [6.07, 6.45) is -3.70. The molecule has 0 bridgehead atoms. The third-order valence-corrected chi connectivity index (χ3v) is 3.76. The average Bonchev–Trinajstić information content (AvgIpc) is 3.15. The van der Waals surface area contributed by atoms with E-state index in [1.807, 2.05) is 0 Å². The highest BCUT2D eigenvalue weighted by Crippen LogP contribution is 2.23. The van der Waals surface area contributed by atoms with Gasteiger partial charge in [0.25, 0.3) is 0 Å². The molecule has 30 heavy (non-hydrogen) atoms. The van der Waals surface area contributed by atoms with Crippen LogP contribution in [0.2, 0.25) is 0 Å². The fourth-order valence-electron chi connectivity index (χ4n) is 2.43. The first-order valence-corrected chi connectivity index (χ1v) is 8.80. The summed E-state index contributed by atoms with van der Waals surface area (Å²) in [7, 11) is 0. The topological polar surface area (TPSA) is 98.6 Å². The summed E-state index contributed by atoms with van der Waals surface area (Å²) in [6, 6.07) is 10.8. The molecule has 0 aliphatic carbocycles. The first kappa shape index (κ1) is 21.1. The molecule has 3 rings (SSSR count). The molecule has 0 unspecified atom stereocenters. The number of guanidine groups is 1. The van der Waals surface area contributed by atoms with Gasteiger partial charge in [-0.1, -0.05) is 5.16 Å². The predicted molar refractivity (Wildman–Crippen MR) is 101 cm³/mol. The maximum Gasteiger partial charge on any atom is 0.573 e. The van der Waals surface area contributed by atoms with Gasteiger partial charge in [0.1, 0.15) is 11.6 Å². The van der Waals surface area contributed by atoms with Crippen LogP contribution in [0.3, 0.4) is 0 Å². The standard InChI is InChI=1S/C19H17F4N5O2/c20-13-5-3-12(4-6-13)17-27-16(30-28-17)2-1-11-25-18(24)26-14-7-9-15(10-8-14)29-19(21,22)23/h3-10H,1-2,11H2,(H3,24,25,26). The molecule has 0 spiro atoms. The molecule has 3 aromatic rings. The highest BCUT2D eigenvalue weighted by Gasteiger charge is 2.30. The van der Waals surface area contributed by atoms with E-state index in [1.165, 1.54) is 24.3 Å². The van der Waals surface area contributed by atoms with Gasteiger partial charge in [-0.3, -0.25) is 4.99 Å². The fraction of sp³-hybridized carbons (Fsp3) is 0.211. The number of aryl methyl sites for hydroxylation is 1. The van der Waals surface area contributed by atoms with Crippen molar-refractivity contribution in [3.63, 3.8) is 0 Å². The number of hydrogen-bond donors (Lipinski definition) is 2. The zero-order chi connectivity index (χ0) is 21.6. The minimum absolute atomic E-state index is 0.108. The van der Waals surface area contributed by atoms with Gasteiger partial charge in [-0.25, -0.2) is 4.39 Å². The van der Waals surface area contributed by atoms with Gasteiger partial charge in [0.05, 0.1) is 0 Å². The number of alkyl halides is 3. The molecular formula is C19H17F4N5O2. The van der Waals surface area contributed by atoms with Crippen LogP contribution in [0.5, 0.6) is 5.75 Å². The number of nitrogens with zero attached hydrogens (tertiary/aromatic N) is 3. The van der Waals surface area contributed by atoms with E-state index in [4.69, 9.17) is 10.3 Å². The number of halogens is 4. The van der Waals surface area contributed by atoms with Crippen molar-refractivity contribution in [1.82, 2.24) is 10.1 Å². The predicted octanol–water partition coefficient (Wildman–Crippen LogP) is 4.13. The first-order valence-electron chi connectivity index (χ1n) is 8.80. The van der Waals surface area contributed by atoms with Gasteiger partial charge in [-0.2, -0.15) is 4.98 Å². The lowest BCUT2D eigenvalue weighted by Crippen LogP contribution is -2.23. The second kappa shape index (κ2) is 9.25. The second-order valence-corrected chi connectivity index (χ2v) is 6.09. The summed E-state index contributed by atoms with van der Waals surface area (Å²) in [5.74, 6) is 0.209. The van der Waals surface area contributed by atoms with E-state index in [-0.39, 0.29) is 17.5 Å². The quantitative estimate of drug-likeness (QED) is 0.257. The van der Waals surface area contributed by atoms with Gasteiger partial charge in [-0.05, 0) is 55.0 Å². The molecule has 0 aliphatic heterocycles. The lowest BCUT2D eigenvalue weighted by atomic mass is 10.2. The minimum atomic E-state index is -4.74. The van der Waals surface area contributed by atoms with Crippen LogP contribution in [0.25, 0.3) is 11.4 Å². The number of ether oxygens (including phenoxy) is 1. The van der Waals surface area contributed by atoms with Crippen LogP contribution >= 0.6 is 0 Å². The molecule has 0 saturated heterocycles. The molecule has 11 heteroatoms. The first-order chi connectivity index (χ1) is 14.3. The van der Waals surface area contributed by atoms with Gasteiger partial charge in [0.15, 0.2) is 5.96 Å². The summed E-state index contributed by atoms with van der Waals surface area (Å²) >= 11 is 0. The van der Waals surface area contributed by atoms with Crippen molar-refractivity contribution in [3.8, 4) is 17.1 Å². The van der Waals surface area contributed by atoms with Crippen LogP contribution in [-0.4, -0.2) is 29.0 Å². The summed E-state index contributed by atoms with van der Waals surface area (Å²) in [6.45, 7) is 0.363. The highest BCUT2D eigenvalue weighted by atomic mass is 19.4. The van der Waals surface area contributed by atoms with Gasteiger partial charge >= 0.3 is 6.36 Å². The zero-order valence-corrected chi connectivity index (χ0v) is 15.5. The Balaban J connectivity index is 1.45. The molecule has 1 heterocycles. The van der Waals surface area contributed by atoms with E-state index in [2.05, 4.69) is 25.2 Å². The summed E-state index contributed by atoms with van der Waals surface area (Å²) in [4.78, 5) is 8.37. The van der Waals surface area contributed by atoms with Gasteiger partial charge in [0, 0.05) is 24.2 Å². The number of rotatable bonds is 7. The molecule has 7 nitrogen and oxygen atoms in total. The van der Waals surface area contributed by atoms with Gasteiger partial charge in [-0.15, -0.1) is 13.2 Å². The van der Waals surface area contributed by atoms with Crippen molar-refractivity contribution in [3.05, 3.63) is 60.2 Å². The Bertz CT molecular complexity index is 985.